The number of urea groups is 1. The highest BCUT2D eigenvalue weighted by Crippen LogP contribution is 2.29. The summed E-state index contributed by atoms with van der Waals surface area (Å²) in [5, 5.41) is 3.44. The van der Waals surface area contributed by atoms with E-state index in [0.717, 1.165) is 16.3 Å². The van der Waals surface area contributed by atoms with Crippen molar-refractivity contribution in [3.05, 3.63) is 58.3 Å². The summed E-state index contributed by atoms with van der Waals surface area (Å²) in [6.07, 6.45) is 5.90. The van der Waals surface area contributed by atoms with Crippen molar-refractivity contribution in [1.82, 2.24) is 5.32 Å². The Bertz CT molecular complexity index is 629. The Morgan fingerprint density at radius 1 is 1.39 bits per heavy atom. The summed E-state index contributed by atoms with van der Waals surface area (Å²) in [6, 6.07) is 5.54. The van der Waals surface area contributed by atoms with Crippen molar-refractivity contribution in [2.75, 3.05) is 0 Å². The first-order valence-electron chi connectivity index (χ1n) is 5.69. The zero-order chi connectivity index (χ0) is 12.7. The fourth-order valence-electron chi connectivity index (χ4n) is 2.22. The van der Waals surface area contributed by atoms with Gasteiger partial charge in [-0.05, 0) is 42.3 Å². The molecule has 1 atom stereocenters. The van der Waals surface area contributed by atoms with Crippen LogP contribution in [0.1, 0.15) is 17.0 Å². The van der Waals surface area contributed by atoms with E-state index in [1.807, 2.05) is 36.4 Å². The van der Waals surface area contributed by atoms with Crippen LogP contribution in [0.5, 0.6) is 0 Å². The van der Waals surface area contributed by atoms with Gasteiger partial charge in [0.05, 0.1) is 11.4 Å². The molecule has 0 spiro atoms. The Labute approximate surface area is 110 Å². The Kier molecular flexibility index (Phi) is 2.56. The van der Waals surface area contributed by atoms with Crippen molar-refractivity contribution < 1.29 is 4.79 Å². The first-order valence-corrected chi connectivity index (χ1v) is 6.07. The van der Waals surface area contributed by atoms with E-state index in [2.05, 4.69) is 17.2 Å². The Balaban J connectivity index is 2.01. The Morgan fingerprint density at radius 2 is 2.22 bits per heavy atom. The molecule has 1 heterocycles. The SMILES string of the molecule is Cc1ccc(Cl)cc1C1C=CC2=NC(=O)NC2=C1. The number of nitrogens with zero attached hydrogens (tertiary/aromatic N) is 1. The Hall–Kier alpha value is -1.87. The van der Waals surface area contributed by atoms with Crippen molar-refractivity contribution in [2.45, 2.75) is 12.8 Å². The third-order valence-electron chi connectivity index (χ3n) is 3.15. The smallest absolute Gasteiger partial charge is 0.304 e. The fraction of sp³-hybridized carbons (Fsp3) is 0.143. The van der Waals surface area contributed by atoms with E-state index >= 15 is 0 Å². The van der Waals surface area contributed by atoms with E-state index in [4.69, 9.17) is 11.6 Å². The second-order valence-electron chi connectivity index (χ2n) is 4.39. The van der Waals surface area contributed by atoms with Crippen molar-refractivity contribution in [3.8, 4) is 0 Å². The third-order valence-corrected chi connectivity index (χ3v) is 3.38. The number of nitrogens with one attached hydrogen (secondary N) is 1. The maximum atomic E-state index is 11.2. The van der Waals surface area contributed by atoms with E-state index in [1.165, 1.54) is 5.56 Å². The lowest BCUT2D eigenvalue weighted by atomic mass is 9.90. The summed E-state index contributed by atoms with van der Waals surface area (Å²) in [4.78, 5) is 15.0. The van der Waals surface area contributed by atoms with Crippen LogP contribution in [0.3, 0.4) is 0 Å². The summed E-state index contributed by atoms with van der Waals surface area (Å²) >= 11 is 6.03. The van der Waals surface area contributed by atoms with Gasteiger partial charge in [0.1, 0.15) is 0 Å². The highest BCUT2D eigenvalue weighted by Gasteiger charge is 2.23. The maximum absolute atomic E-state index is 11.2. The number of fused-ring (bicyclic) bond motifs is 1. The monoisotopic (exact) mass is 258 g/mol. The molecule has 2 aliphatic rings. The highest BCUT2D eigenvalue weighted by molar-refractivity contribution is 6.30. The van der Waals surface area contributed by atoms with E-state index in [1.54, 1.807) is 0 Å². The quantitative estimate of drug-likeness (QED) is 0.825. The number of hydrogen-bond donors (Lipinski definition) is 1. The first kappa shape index (κ1) is 11.2. The molecule has 3 nitrogen and oxygen atoms in total. The second-order valence-corrected chi connectivity index (χ2v) is 4.83. The van der Waals surface area contributed by atoms with Crippen molar-refractivity contribution >= 4 is 23.3 Å². The van der Waals surface area contributed by atoms with Gasteiger partial charge in [-0.25, -0.2) is 4.79 Å². The number of amides is 2. The summed E-state index contributed by atoms with van der Waals surface area (Å²) < 4.78 is 0. The van der Waals surface area contributed by atoms with E-state index in [-0.39, 0.29) is 11.9 Å². The van der Waals surface area contributed by atoms with Gasteiger partial charge >= 0.3 is 6.03 Å². The number of carbonyl (C=O) groups excluding carboxylic acids is 1. The van der Waals surface area contributed by atoms with Crippen molar-refractivity contribution in [1.29, 1.82) is 0 Å². The molecule has 4 heteroatoms. The summed E-state index contributed by atoms with van der Waals surface area (Å²) in [6.45, 7) is 2.05. The summed E-state index contributed by atoms with van der Waals surface area (Å²) in [5.74, 6) is 0.121. The molecule has 18 heavy (non-hydrogen) atoms. The molecule has 1 aliphatic heterocycles. The van der Waals surface area contributed by atoms with Gasteiger partial charge in [-0.1, -0.05) is 23.7 Å². The normalized spacial score (nSPS) is 21.2. The molecule has 0 bridgehead atoms. The lowest BCUT2D eigenvalue weighted by Gasteiger charge is -2.17. The topological polar surface area (TPSA) is 41.5 Å². The minimum Gasteiger partial charge on any atom is -0.304 e. The van der Waals surface area contributed by atoms with Gasteiger partial charge in [0.2, 0.25) is 0 Å². The van der Waals surface area contributed by atoms with Gasteiger partial charge in [0, 0.05) is 10.9 Å². The van der Waals surface area contributed by atoms with Crippen LogP contribution in [0.25, 0.3) is 0 Å². The average Bonchev–Trinajstić information content (AvgIpc) is 2.71. The molecule has 0 saturated heterocycles. The molecule has 0 aromatic heterocycles. The van der Waals surface area contributed by atoms with Crippen molar-refractivity contribution in [2.24, 2.45) is 4.99 Å². The highest BCUT2D eigenvalue weighted by atomic mass is 35.5. The first-order chi connectivity index (χ1) is 8.63. The molecule has 1 aromatic rings. The molecule has 90 valence electrons. The largest absolute Gasteiger partial charge is 0.346 e. The van der Waals surface area contributed by atoms with Gasteiger partial charge < -0.3 is 5.32 Å². The lowest BCUT2D eigenvalue weighted by Crippen LogP contribution is -2.17. The number of aliphatic imine (C=N–C) groups is 1. The lowest BCUT2D eigenvalue weighted by molar-refractivity contribution is 0.253. The number of hydrogen-bond acceptors (Lipinski definition) is 1. The molecule has 1 aromatic carbocycles. The zero-order valence-corrected chi connectivity index (χ0v) is 10.5. The molecule has 0 saturated carbocycles. The minimum atomic E-state index is -0.302. The predicted octanol–water partition coefficient (Wildman–Crippen LogP) is 3.35. The number of allylic oxidation sites excluding steroid dienone is 3. The summed E-state index contributed by atoms with van der Waals surface area (Å²) in [5.41, 5.74) is 3.81. The Morgan fingerprint density at radius 3 is 3.06 bits per heavy atom. The molecule has 2 amide bonds. The van der Waals surface area contributed by atoms with Crippen LogP contribution in [0, 0.1) is 6.92 Å². The van der Waals surface area contributed by atoms with Crippen LogP contribution >= 0.6 is 11.6 Å². The summed E-state index contributed by atoms with van der Waals surface area (Å²) in [7, 11) is 0. The molecule has 0 radical (unpaired) electrons. The van der Waals surface area contributed by atoms with Gasteiger partial charge in [-0.2, -0.15) is 4.99 Å². The van der Waals surface area contributed by atoms with Gasteiger partial charge in [-0.15, -0.1) is 0 Å². The van der Waals surface area contributed by atoms with Crippen LogP contribution in [-0.2, 0) is 0 Å². The molecule has 0 fully saturated rings. The second kappa shape index (κ2) is 4.10. The maximum Gasteiger partial charge on any atom is 0.346 e. The third kappa shape index (κ3) is 1.87. The number of aryl methyl sites for hydroxylation is 1. The van der Waals surface area contributed by atoms with Crippen LogP contribution in [-0.4, -0.2) is 11.7 Å². The van der Waals surface area contributed by atoms with Crippen LogP contribution in [0.4, 0.5) is 4.79 Å². The predicted molar refractivity (Wildman–Crippen MR) is 72.1 cm³/mol. The number of benzene rings is 1. The fourth-order valence-corrected chi connectivity index (χ4v) is 2.41. The molecule has 1 N–H and O–H groups in total. The molecule has 1 unspecified atom stereocenters. The number of halogens is 1. The molecule has 3 rings (SSSR count). The van der Waals surface area contributed by atoms with Crippen LogP contribution in [0.15, 0.2) is 47.1 Å². The van der Waals surface area contributed by atoms with E-state index in [0.29, 0.717) is 5.71 Å². The van der Waals surface area contributed by atoms with Gasteiger partial charge in [0.25, 0.3) is 0 Å². The number of rotatable bonds is 1. The standard InChI is InChI=1S/C14H11ClN2O/c1-8-2-4-10(15)7-11(8)9-3-5-12-13(6-9)17-14(18)16-12/h2-7,9H,1H3,(H,17,18). The van der Waals surface area contributed by atoms with E-state index in [9.17, 15) is 4.79 Å². The van der Waals surface area contributed by atoms with Crippen LogP contribution < -0.4 is 5.32 Å². The van der Waals surface area contributed by atoms with E-state index < -0.39 is 0 Å². The van der Waals surface area contributed by atoms with Gasteiger partial charge in [0.15, 0.2) is 0 Å². The van der Waals surface area contributed by atoms with Crippen molar-refractivity contribution in [3.63, 3.8) is 0 Å². The van der Waals surface area contributed by atoms with Crippen LogP contribution in [0.2, 0.25) is 5.02 Å². The minimum absolute atomic E-state index is 0.121. The molecular weight excluding hydrogens is 248 g/mol. The van der Waals surface area contributed by atoms with Gasteiger partial charge in [-0.3, -0.25) is 0 Å². The number of carbonyl (C=O) groups is 1. The zero-order valence-electron chi connectivity index (χ0n) is 9.77. The molecule has 1 aliphatic carbocycles. The molecular formula is C14H11ClN2O. The average molecular weight is 259 g/mol.